The Morgan fingerprint density at radius 2 is 1.42 bits per heavy atom. The molecule has 0 saturated heterocycles. The molecule has 0 unspecified atom stereocenters. The van der Waals surface area contributed by atoms with Crippen LogP contribution < -0.4 is 9.47 Å². The zero-order chi connectivity index (χ0) is 18.2. The lowest BCUT2D eigenvalue weighted by Crippen LogP contribution is -2.06. The van der Waals surface area contributed by atoms with E-state index in [1.54, 1.807) is 34.8 Å². The number of esters is 1. The van der Waals surface area contributed by atoms with Gasteiger partial charge in [0.1, 0.15) is 11.5 Å². The molecule has 0 aliphatic carbocycles. The quantitative estimate of drug-likeness (QED) is 0.492. The molecule has 0 N–H and O–H groups in total. The number of carbonyl (C=O) groups excluding carboxylic acids is 1. The maximum Gasteiger partial charge on any atom is 0.338 e. The van der Waals surface area contributed by atoms with Crippen LogP contribution in [0.15, 0.2) is 53.2 Å². The lowest BCUT2D eigenvalue weighted by Gasteiger charge is -2.11. The number of ether oxygens (including phenoxy) is 3. The van der Waals surface area contributed by atoms with E-state index in [0.717, 1.165) is 12.8 Å². The van der Waals surface area contributed by atoms with Crippen LogP contribution in [0.2, 0.25) is 0 Å². The summed E-state index contributed by atoms with van der Waals surface area (Å²) < 4.78 is 16.5. The van der Waals surface area contributed by atoms with Gasteiger partial charge in [0.05, 0.1) is 25.9 Å². The summed E-state index contributed by atoms with van der Waals surface area (Å²) in [5, 5.41) is 4.10. The second-order valence-electron chi connectivity index (χ2n) is 5.54. The van der Waals surface area contributed by atoms with Crippen molar-refractivity contribution in [1.29, 1.82) is 0 Å². The van der Waals surface area contributed by atoms with Crippen LogP contribution in [0.25, 0.3) is 0 Å². The van der Waals surface area contributed by atoms with E-state index >= 15 is 0 Å². The molecule has 0 atom stereocenters. The fourth-order valence-electron chi connectivity index (χ4n) is 2.42. The second kappa shape index (κ2) is 9.40. The highest BCUT2D eigenvalue weighted by molar-refractivity contribution is 7.10. The Labute approximate surface area is 161 Å². The smallest absolute Gasteiger partial charge is 0.338 e. The summed E-state index contributed by atoms with van der Waals surface area (Å²) in [6.07, 6.45) is 1.66. The molecule has 1 aromatic carbocycles. The van der Waals surface area contributed by atoms with Crippen LogP contribution in [0.3, 0.4) is 0 Å². The van der Waals surface area contributed by atoms with Crippen molar-refractivity contribution in [3.8, 4) is 11.5 Å². The molecule has 0 amide bonds. The molecule has 136 valence electrons. The van der Waals surface area contributed by atoms with Crippen LogP contribution in [0.5, 0.6) is 11.5 Å². The molecule has 6 heteroatoms. The molecule has 3 rings (SSSR count). The van der Waals surface area contributed by atoms with Crippen molar-refractivity contribution in [2.45, 2.75) is 12.8 Å². The van der Waals surface area contributed by atoms with Crippen LogP contribution in [0.4, 0.5) is 0 Å². The largest absolute Gasteiger partial charge is 0.493 e. The van der Waals surface area contributed by atoms with Crippen molar-refractivity contribution in [2.24, 2.45) is 0 Å². The number of rotatable bonds is 9. The van der Waals surface area contributed by atoms with Crippen LogP contribution in [-0.2, 0) is 17.6 Å². The Kier molecular flexibility index (Phi) is 6.68. The number of hydrogen-bond donors (Lipinski definition) is 0. The minimum absolute atomic E-state index is 0.406. The number of hydrogen-bond acceptors (Lipinski definition) is 6. The van der Waals surface area contributed by atoms with Gasteiger partial charge in [-0.15, -0.1) is 22.7 Å². The van der Waals surface area contributed by atoms with Gasteiger partial charge in [0.15, 0.2) is 0 Å². The molecule has 2 aromatic heterocycles. The normalized spacial score (nSPS) is 10.5. The number of carbonyl (C=O) groups is 1. The van der Waals surface area contributed by atoms with Gasteiger partial charge in [-0.25, -0.2) is 4.79 Å². The van der Waals surface area contributed by atoms with Crippen LogP contribution in [0.1, 0.15) is 20.1 Å². The number of benzene rings is 1. The molecule has 0 aliphatic rings. The van der Waals surface area contributed by atoms with E-state index < -0.39 is 5.97 Å². The fourth-order valence-corrected chi connectivity index (χ4v) is 3.80. The SMILES string of the molecule is COC(=O)c1cc(OCCc2cccs2)cc(OCCc2cccs2)c1. The molecule has 0 bridgehead atoms. The Balaban J connectivity index is 1.63. The molecule has 4 nitrogen and oxygen atoms in total. The molecule has 0 saturated carbocycles. The van der Waals surface area contributed by atoms with Crippen molar-refractivity contribution >= 4 is 28.6 Å². The van der Waals surface area contributed by atoms with Gasteiger partial charge in [-0.3, -0.25) is 0 Å². The van der Waals surface area contributed by atoms with Crippen molar-refractivity contribution in [3.63, 3.8) is 0 Å². The summed E-state index contributed by atoms with van der Waals surface area (Å²) in [6, 6.07) is 13.4. The summed E-state index contributed by atoms with van der Waals surface area (Å²) in [5.41, 5.74) is 0.423. The molecule has 0 radical (unpaired) electrons. The summed E-state index contributed by atoms with van der Waals surface area (Å²) in [4.78, 5) is 14.4. The number of methoxy groups -OCH3 is 1. The van der Waals surface area contributed by atoms with E-state index in [1.165, 1.54) is 16.9 Å². The van der Waals surface area contributed by atoms with E-state index in [4.69, 9.17) is 14.2 Å². The van der Waals surface area contributed by atoms with Gasteiger partial charge in [0, 0.05) is 28.7 Å². The monoisotopic (exact) mass is 388 g/mol. The van der Waals surface area contributed by atoms with Crippen LogP contribution in [-0.4, -0.2) is 26.3 Å². The molecule has 2 heterocycles. The average Bonchev–Trinajstić information content (AvgIpc) is 3.35. The van der Waals surface area contributed by atoms with E-state index in [1.807, 2.05) is 29.0 Å². The molecule has 0 spiro atoms. The van der Waals surface area contributed by atoms with E-state index in [-0.39, 0.29) is 0 Å². The van der Waals surface area contributed by atoms with Gasteiger partial charge in [-0.05, 0) is 35.0 Å². The highest BCUT2D eigenvalue weighted by atomic mass is 32.1. The van der Waals surface area contributed by atoms with Crippen LogP contribution >= 0.6 is 22.7 Å². The first-order valence-corrected chi connectivity index (χ1v) is 10.0. The second-order valence-corrected chi connectivity index (χ2v) is 7.60. The van der Waals surface area contributed by atoms with Crippen molar-refractivity contribution in [1.82, 2.24) is 0 Å². The molecular weight excluding hydrogens is 368 g/mol. The first kappa shape index (κ1) is 18.5. The van der Waals surface area contributed by atoms with Gasteiger partial charge >= 0.3 is 5.97 Å². The number of thiophene rings is 2. The fraction of sp³-hybridized carbons (Fsp3) is 0.250. The zero-order valence-electron chi connectivity index (χ0n) is 14.5. The Bertz CT molecular complexity index is 752. The van der Waals surface area contributed by atoms with Crippen molar-refractivity contribution in [3.05, 3.63) is 68.5 Å². The minimum atomic E-state index is -0.406. The van der Waals surface area contributed by atoms with Gasteiger partial charge in [0.25, 0.3) is 0 Å². The third-order valence-corrected chi connectivity index (χ3v) is 5.57. The standard InChI is InChI=1S/C20H20O4S2/c1-22-20(21)15-12-16(23-8-6-18-4-2-10-25-18)14-17(13-15)24-9-7-19-5-3-11-26-19/h2-5,10-14H,6-9H2,1H3. The van der Waals surface area contributed by atoms with Gasteiger partial charge in [0.2, 0.25) is 0 Å². The van der Waals surface area contributed by atoms with E-state index in [0.29, 0.717) is 30.3 Å². The third kappa shape index (κ3) is 5.34. The molecule has 26 heavy (non-hydrogen) atoms. The Morgan fingerprint density at radius 3 is 1.85 bits per heavy atom. The molecular formula is C20H20O4S2. The first-order chi connectivity index (χ1) is 12.7. The first-order valence-electron chi connectivity index (χ1n) is 8.28. The van der Waals surface area contributed by atoms with Gasteiger partial charge in [-0.1, -0.05) is 12.1 Å². The molecule has 3 aromatic rings. The topological polar surface area (TPSA) is 44.8 Å². The highest BCUT2D eigenvalue weighted by Crippen LogP contribution is 2.24. The van der Waals surface area contributed by atoms with Crippen molar-refractivity contribution < 1.29 is 19.0 Å². The minimum Gasteiger partial charge on any atom is -0.493 e. The summed E-state index contributed by atoms with van der Waals surface area (Å²) >= 11 is 3.41. The lowest BCUT2D eigenvalue weighted by molar-refractivity contribution is 0.0599. The van der Waals surface area contributed by atoms with E-state index in [9.17, 15) is 4.79 Å². The summed E-state index contributed by atoms with van der Waals surface area (Å²) in [5.74, 6) is 0.808. The van der Waals surface area contributed by atoms with Crippen molar-refractivity contribution in [2.75, 3.05) is 20.3 Å². The molecule has 0 fully saturated rings. The molecule has 0 aliphatic heterocycles. The predicted octanol–water partition coefficient (Wildman–Crippen LogP) is 4.84. The highest BCUT2D eigenvalue weighted by Gasteiger charge is 2.11. The summed E-state index contributed by atoms with van der Waals surface area (Å²) in [7, 11) is 1.37. The predicted molar refractivity (Wildman–Crippen MR) is 105 cm³/mol. The maximum atomic E-state index is 11.9. The average molecular weight is 389 g/mol. The third-order valence-electron chi connectivity index (χ3n) is 3.70. The maximum absolute atomic E-state index is 11.9. The van der Waals surface area contributed by atoms with E-state index in [2.05, 4.69) is 12.1 Å². The Morgan fingerprint density at radius 1 is 0.885 bits per heavy atom. The Hall–Kier alpha value is -2.31. The zero-order valence-corrected chi connectivity index (χ0v) is 16.1. The van der Waals surface area contributed by atoms with Gasteiger partial charge < -0.3 is 14.2 Å². The van der Waals surface area contributed by atoms with Gasteiger partial charge in [-0.2, -0.15) is 0 Å². The summed E-state index contributed by atoms with van der Waals surface area (Å²) in [6.45, 7) is 1.08. The lowest BCUT2D eigenvalue weighted by atomic mass is 10.2. The van der Waals surface area contributed by atoms with Crippen LogP contribution in [0, 0.1) is 0 Å².